The highest BCUT2D eigenvalue weighted by atomic mass is 127. The van der Waals surface area contributed by atoms with Crippen LogP contribution in [0.3, 0.4) is 0 Å². The summed E-state index contributed by atoms with van der Waals surface area (Å²) in [5.41, 5.74) is 1.35. The number of nitrogens with zero attached hydrogens (tertiary/aromatic N) is 2. The lowest BCUT2D eigenvalue weighted by Gasteiger charge is -2.18. The van der Waals surface area contributed by atoms with Crippen molar-refractivity contribution in [2.24, 2.45) is 5.92 Å². The van der Waals surface area contributed by atoms with Crippen LogP contribution in [0.25, 0.3) is 10.9 Å². The number of hydrogen-bond donors (Lipinski definition) is 2. The van der Waals surface area contributed by atoms with E-state index in [2.05, 4.69) is 43.1 Å². The SMILES string of the molecule is O=C(NC(c1ccccn1)C1CC1)c1cc2c(I)[nH]nc2cc1F. The quantitative estimate of drug-likeness (QED) is 0.615. The third kappa shape index (κ3) is 2.88. The van der Waals surface area contributed by atoms with Gasteiger partial charge in [-0.3, -0.25) is 14.9 Å². The summed E-state index contributed by atoms with van der Waals surface area (Å²) in [7, 11) is 0. The molecule has 7 heteroatoms. The largest absolute Gasteiger partial charge is 0.343 e. The summed E-state index contributed by atoms with van der Waals surface area (Å²) in [5, 5.41) is 10.5. The number of nitrogens with one attached hydrogen (secondary N) is 2. The molecule has 2 N–H and O–H groups in total. The third-order valence-corrected chi connectivity index (χ3v) is 5.05. The zero-order valence-corrected chi connectivity index (χ0v) is 14.7. The molecule has 122 valence electrons. The Hall–Kier alpha value is -2.03. The van der Waals surface area contributed by atoms with Gasteiger partial charge in [-0.1, -0.05) is 6.07 Å². The minimum atomic E-state index is -0.571. The lowest BCUT2D eigenvalue weighted by molar-refractivity contribution is 0.0927. The molecule has 0 bridgehead atoms. The standard InChI is InChI=1S/C17H14FIN4O/c18-12-8-14-11(16(19)23-22-14)7-10(12)17(24)21-15(9-4-5-9)13-3-1-2-6-20-13/h1-3,6-9,15H,4-5H2,(H,21,24)(H,22,23). The highest BCUT2D eigenvalue weighted by Gasteiger charge is 2.34. The van der Waals surface area contributed by atoms with E-state index in [4.69, 9.17) is 0 Å². The van der Waals surface area contributed by atoms with Gasteiger partial charge in [-0.05, 0) is 59.5 Å². The maximum atomic E-state index is 14.3. The number of aromatic amines is 1. The van der Waals surface area contributed by atoms with Crippen LogP contribution in [0, 0.1) is 15.4 Å². The molecule has 1 atom stereocenters. The lowest BCUT2D eigenvalue weighted by atomic mass is 10.1. The number of pyridine rings is 1. The minimum absolute atomic E-state index is 0.0309. The summed E-state index contributed by atoms with van der Waals surface area (Å²) in [4.78, 5) is 17.0. The summed E-state index contributed by atoms with van der Waals surface area (Å²) < 4.78 is 15.1. The van der Waals surface area contributed by atoms with Gasteiger partial charge in [-0.15, -0.1) is 0 Å². The monoisotopic (exact) mass is 436 g/mol. The number of carbonyl (C=O) groups excluding carboxylic acids is 1. The summed E-state index contributed by atoms with van der Waals surface area (Å²) in [6.45, 7) is 0. The molecule has 24 heavy (non-hydrogen) atoms. The highest BCUT2D eigenvalue weighted by Crippen LogP contribution is 2.40. The lowest BCUT2D eigenvalue weighted by Crippen LogP contribution is -2.31. The molecule has 1 fully saturated rings. The number of carbonyl (C=O) groups is 1. The maximum Gasteiger partial charge on any atom is 0.254 e. The molecule has 2 aromatic heterocycles. The van der Waals surface area contributed by atoms with Gasteiger partial charge >= 0.3 is 0 Å². The summed E-state index contributed by atoms with van der Waals surface area (Å²) >= 11 is 2.08. The number of rotatable bonds is 4. The highest BCUT2D eigenvalue weighted by molar-refractivity contribution is 14.1. The van der Waals surface area contributed by atoms with Crippen LogP contribution in [-0.2, 0) is 0 Å². The maximum absolute atomic E-state index is 14.3. The van der Waals surface area contributed by atoms with E-state index < -0.39 is 11.7 Å². The molecule has 4 rings (SSSR count). The van der Waals surface area contributed by atoms with Crippen LogP contribution < -0.4 is 5.32 Å². The van der Waals surface area contributed by atoms with Gasteiger partial charge in [-0.2, -0.15) is 5.10 Å². The summed E-state index contributed by atoms with van der Waals surface area (Å²) in [6, 6.07) is 8.27. The molecule has 1 aliphatic rings. The van der Waals surface area contributed by atoms with Gasteiger partial charge in [0.2, 0.25) is 0 Å². The zero-order chi connectivity index (χ0) is 16.7. The van der Waals surface area contributed by atoms with E-state index in [9.17, 15) is 9.18 Å². The molecule has 0 aliphatic heterocycles. The van der Waals surface area contributed by atoms with Gasteiger partial charge in [-0.25, -0.2) is 4.39 Å². The predicted octanol–water partition coefficient (Wildman–Crippen LogP) is 3.58. The van der Waals surface area contributed by atoms with E-state index >= 15 is 0 Å². The average Bonchev–Trinajstić information content (AvgIpc) is 3.37. The van der Waals surface area contributed by atoms with Gasteiger partial charge in [0, 0.05) is 17.6 Å². The second kappa shape index (κ2) is 6.12. The molecule has 3 aromatic rings. The molecule has 1 aromatic carbocycles. The van der Waals surface area contributed by atoms with E-state index in [1.54, 1.807) is 12.3 Å². The van der Waals surface area contributed by atoms with E-state index in [1.807, 2.05) is 18.2 Å². The number of fused-ring (bicyclic) bond motifs is 1. The average molecular weight is 436 g/mol. The van der Waals surface area contributed by atoms with E-state index in [1.165, 1.54) is 6.07 Å². The predicted molar refractivity (Wildman–Crippen MR) is 95.9 cm³/mol. The molecule has 0 spiro atoms. The van der Waals surface area contributed by atoms with Crippen molar-refractivity contribution in [3.63, 3.8) is 0 Å². The fraction of sp³-hybridized carbons (Fsp3) is 0.235. The number of hydrogen-bond acceptors (Lipinski definition) is 3. The van der Waals surface area contributed by atoms with Crippen molar-refractivity contribution in [1.82, 2.24) is 20.5 Å². The molecule has 5 nitrogen and oxygen atoms in total. The van der Waals surface area contributed by atoms with Crippen LogP contribution in [0.15, 0.2) is 36.5 Å². The van der Waals surface area contributed by atoms with Crippen LogP contribution in [-0.4, -0.2) is 21.1 Å². The Morgan fingerprint density at radius 3 is 2.92 bits per heavy atom. The number of aromatic nitrogens is 3. The normalized spacial score (nSPS) is 15.4. The summed E-state index contributed by atoms with van der Waals surface area (Å²) in [5.74, 6) is -0.628. The molecular weight excluding hydrogens is 422 g/mol. The van der Waals surface area contributed by atoms with Crippen LogP contribution in [0.5, 0.6) is 0 Å². The molecule has 0 saturated heterocycles. The Morgan fingerprint density at radius 1 is 1.38 bits per heavy atom. The molecule has 0 radical (unpaired) electrons. The second-order valence-corrected chi connectivity index (χ2v) is 7.01. The van der Waals surface area contributed by atoms with Crippen LogP contribution in [0.1, 0.15) is 34.9 Å². The van der Waals surface area contributed by atoms with Crippen LogP contribution in [0.4, 0.5) is 4.39 Å². The molecule has 1 aliphatic carbocycles. The van der Waals surface area contributed by atoms with Crippen molar-refractivity contribution in [3.8, 4) is 0 Å². The van der Waals surface area contributed by atoms with Crippen molar-refractivity contribution < 1.29 is 9.18 Å². The van der Waals surface area contributed by atoms with Gasteiger partial charge in [0.15, 0.2) is 0 Å². The Bertz CT molecular complexity index is 908. The number of halogens is 2. The van der Waals surface area contributed by atoms with Gasteiger partial charge in [0.25, 0.3) is 5.91 Å². The van der Waals surface area contributed by atoms with Crippen molar-refractivity contribution in [1.29, 1.82) is 0 Å². The van der Waals surface area contributed by atoms with Gasteiger partial charge < -0.3 is 5.32 Å². The van der Waals surface area contributed by atoms with E-state index in [-0.39, 0.29) is 11.6 Å². The van der Waals surface area contributed by atoms with E-state index in [0.717, 1.165) is 27.6 Å². The topological polar surface area (TPSA) is 70.7 Å². The minimum Gasteiger partial charge on any atom is -0.343 e. The smallest absolute Gasteiger partial charge is 0.254 e. The molecule has 1 saturated carbocycles. The first-order valence-corrected chi connectivity index (χ1v) is 8.76. The van der Waals surface area contributed by atoms with Gasteiger partial charge in [0.05, 0.1) is 22.8 Å². The number of benzene rings is 1. The van der Waals surface area contributed by atoms with E-state index in [0.29, 0.717) is 11.4 Å². The third-order valence-electron chi connectivity index (χ3n) is 4.23. The first-order chi connectivity index (χ1) is 11.6. The van der Waals surface area contributed by atoms with Gasteiger partial charge in [0.1, 0.15) is 9.52 Å². The van der Waals surface area contributed by atoms with Crippen molar-refractivity contribution in [2.45, 2.75) is 18.9 Å². The molecule has 2 heterocycles. The zero-order valence-electron chi connectivity index (χ0n) is 12.6. The summed E-state index contributed by atoms with van der Waals surface area (Å²) in [6.07, 6.45) is 3.79. The first kappa shape index (κ1) is 15.5. The Morgan fingerprint density at radius 2 is 2.21 bits per heavy atom. The molecular formula is C17H14FIN4O. The Balaban J connectivity index is 1.65. The number of amides is 1. The molecule has 1 unspecified atom stereocenters. The fourth-order valence-corrected chi connectivity index (χ4v) is 3.37. The molecule has 1 amide bonds. The van der Waals surface area contributed by atoms with Crippen molar-refractivity contribution in [2.75, 3.05) is 0 Å². The van der Waals surface area contributed by atoms with Crippen molar-refractivity contribution in [3.05, 3.63) is 57.3 Å². The Labute approximate surface area is 151 Å². The first-order valence-electron chi connectivity index (χ1n) is 7.68. The Kier molecular flexibility index (Phi) is 3.95. The number of H-pyrrole nitrogens is 1. The second-order valence-electron chi connectivity index (χ2n) is 5.93. The van der Waals surface area contributed by atoms with Crippen molar-refractivity contribution >= 4 is 39.4 Å². The van der Waals surface area contributed by atoms with Crippen LogP contribution >= 0.6 is 22.6 Å². The fourth-order valence-electron chi connectivity index (χ4n) is 2.82. The van der Waals surface area contributed by atoms with Crippen LogP contribution in [0.2, 0.25) is 0 Å².